The first-order valence-electron chi connectivity index (χ1n) is 21.8. The van der Waals surface area contributed by atoms with Crippen LogP contribution in [0.1, 0.15) is 157 Å². The van der Waals surface area contributed by atoms with Gasteiger partial charge >= 0.3 is 0 Å². The molecule has 2 atom stereocenters. The fourth-order valence-corrected chi connectivity index (χ4v) is 5.99. The second-order valence-corrected chi connectivity index (χ2v) is 16.4. The predicted molar refractivity (Wildman–Crippen MR) is 229 cm³/mol. The molecule has 0 fully saturated rings. The van der Waals surface area contributed by atoms with Crippen molar-refractivity contribution in [1.29, 1.82) is 0 Å². The van der Waals surface area contributed by atoms with Gasteiger partial charge in [-0.05, 0) is 53.4 Å². The number of hydrogen-bond acceptors (Lipinski definition) is 10. The van der Waals surface area contributed by atoms with Gasteiger partial charge in [0.15, 0.2) is 0 Å². The lowest BCUT2D eigenvalue weighted by molar-refractivity contribution is -0.125. The second-order valence-electron chi connectivity index (χ2n) is 15.6. The van der Waals surface area contributed by atoms with Gasteiger partial charge in [0.05, 0.1) is 58.9 Å². The lowest BCUT2D eigenvalue weighted by atomic mass is 10.0. The Morgan fingerprint density at radius 2 is 0.929 bits per heavy atom. The van der Waals surface area contributed by atoms with Gasteiger partial charge in [-0.3, -0.25) is 24.5 Å². The summed E-state index contributed by atoms with van der Waals surface area (Å²) in [5, 5.41) is 14.7. The fraction of sp³-hybridized carbons (Fsp3) is 0.905. The van der Waals surface area contributed by atoms with Gasteiger partial charge in [-0.2, -0.15) is 12.6 Å². The van der Waals surface area contributed by atoms with E-state index in [1.54, 1.807) is 0 Å². The van der Waals surface area contributed by atoms with E-state index in [9.17, 15) is 19.2 Å². The molecule has 0 saturated heterocycles. The average molecular weight is 818 g/mol. The molecule has 0 aromatic heterocycles. The zero-order valence-corrected chi connectivity index (χ0v) is 37.0. The first kappa shape index (κ1) is 54.0. The molecule has 330 valence electrons. The van der Waals surface area contributed by atoms with Gasteiger partial charge < -0.3 is 40.2 Å². The van der Waals surface area contributed by atoms with E-state index in [0.717, 1.165) is 25.7 Å². The highest BCUT2D eigenvalue weighted by Gasteiger charge is 2.23. The molecule has 0 spiro atoms. The summed E-state index contributed by atoms with van der Waals surface area (Å²) < 4.78 is 21.9. The summed E-state index contributed by atoms with van der Waals surface area (Å²) in [6.07, 6.45) is 20.1. The lowest BCUT2D eigenvalue weighted by Crippen LogP contribution is -2.51. The Morgan fingerprint density at radius 1 is 0.518 bits per heavy atom. The van der Waals surface area contributed by atoms with Gasteiger partial charge in [0.25, 0.3) is 0 Å². The minimum Gasteiger partial charge on any atom is -0.379 e. The summed E-state index contributed by atoms with van der Waals surface area (Å²) in [5.74, 6) is -0.151. The zero-order valence-electron chi connectivity index (χ0n) is 36.1. The Balaban J connectivity index is 3.49. The minimum absolute atomic E-state index is 0.0437. The minimum atomic E-state index is -0.331. The Labute approximate surface area is 346 Å². The van der Waals surface area contributed by atoms with Gasteiger partial charge in [0.1, 0.15) is 0 Å². The molecule has 5 N–H and O–H groups in total. The van der Waals surface area contributed by atoms with E-state index in [1.807, 2.05) is 27.7 Å². The van der Waals surface area contributed by atoms with Crippen molar-refractivity contribution in [3.05, 3.63) is 0 Å². The number of nitrogens with one attached hydrogen (secondary N) is 5. The smallest absolute Gasteiger partial charge is 0.237 e. The van der Waals surface area contributed by atoms with Gasteiger partial charge in [0.2, 0.25) is 23.6 Å². The van der Waals surface area contributed by atoms with Crippen LogP contribution in [0.25, 0.3) is 0 Å². The molecular weight excluding hydrogens is 735 g/mol. The number of hydrogen-bond donors (Lipinski definition) is 6. The molecule has 0 bridgehead atoms. The highest BCUT2D eigenvalue weighted by Crippen LogP contribution is 2.13. The highest BCUT2D eigenvalue weighted by atomic mass is 32.1. The Morgan fingerprint density at radius 3 is 1.38 bits per heavy atom. The van der Waals surface area contributed by atoms with Crippen molar-refractivity contribution in [3.63, 3.8) is 0 Å². The van der Waals surface area contributed by atoms with Crippen molar-refractivity contribution in [2.45, 2.75) is 174 Å². The van der Waals surface area contributed by atoms with Crippen molar-refractivity contribution in [2.24, 2.45) is 0 Å². The van der Waals surface area contributed by atoms with Crippen LogP contribution in [0.5, 0.6) is 0 Å². The van der Waals surface area contributed by atoms with E-state index in [2.05, 4.69) is 46.1 Å². The van der Waals surface area contributed by atoms with Crippen LogP contribution in [0.2, 0.25) is 0 Å². The molecule has 4 amide bonds. The zero-order chi connectivity index (χ0) is 41.5. The third kappa shape index (κ3) is 40.2. The van der Waals surface area contributed by atoms with Gasteiger partial charge in [-0.15, -0.1) is 0 Å². The van der Waals surface area contributed by atoms with E-state index in [-0.39, 0.29) is 53.4 Å². The molecule has 0 aromatic carbocycles. The van der Waals surface area contributed by atoms with E-state index in [4.69, 9.17) is 18.9 Å². The van der Waals surface area contributed by atoms with Crippen LogP contribution >= 0.6 is 12.6 Å². The topological polar surface area (TPSA) is 165 Å². The average Bonchev–Trinajstić information content (AvgIpc) is 3.13. The first-order chi connectivity index (χ1) is 26.9. The van der Waals surface area contributed by atoms with Gasteiger partial charge in [-0.25, -0.2) is 0 Å². The van der Waals surface area contributed by atoms with Gasteiger partial charge in [-0.1, -0.05) is 84.0 Å². The molecule has 0 aromatic rings. The number of amides is 4. The molecule has 0 aliphatic carbocycles. The van der Waals surface area contributed by atoms with E-state index < -0.39 is 0 Å². The van der Waals surface area contributed by atoms with Crippen LogP contribution < -0.4 is 26.6 Å². The second kappa shape index (κ2) is 38.5. The van der Waals surface area contributed by atoms with E-state index in [1.165, 1.54) is 70.6 Å². The molecule has 0 aliphatic heterocycles. The van der Waals surface area contributed by atoms with Crippen LogP contribution in [0, 0.1) is 0 Å². The van der Waals surface area contributed by atoms with E-state index >= 15 is 0 Å². The Hall–Kier alpha value is -1.97. The maximum absolute atomic E-state index is 12.6. The number of rotatable bonds is 40. The fourth-order valence-electron chi connectivity index (χ4n) is 5.81. The largest absolute Gasteiger partial charge is 0.379 e. The third-order valence-corrected chi connectivity index (χ3v) is 8.98. The number of carbonyl (C=O) groups is 4. The van der Waals surface area contributed by atoms with Crippen LogP contribution in [0.15, 0.2) is 0 Å². The maximum Gasteiger partial charge on any atom is 0.237 e. The molecular formula is C42H83N5O8S. The molecule has 0 radical (unpaired) electrons. The molecule has 0 aliphatic rings. The highest BCUT2D eigenvalue weighted by molar-refractivity contribution is 7.80. The van der Waals surface area contributed by atoms with Crippen molar-refractivity contribution in [1.82, 2.24) is 26.6 Å². The number of carbonyl (C=O) groups excluding carboxylic acids is 4. The third-order valence-electron chi connectivity index (χ3n) is 8.83. The van der Waals surface area contributed by atoms with Crippen LogP contribution in [0.4, 0.5) is 0 Å². The van der Waals surface area contributed by atoms with E-state index in [0.29, 0.717) is 85.3 Å². The molecule has 0 saturated carbocycles. The Kier molecular flexibility index (Phi) is 37.2. The van der Waals surface area contributed by atoms with Crippen molar-refractivity contribution in [2.75, 3.05) is 72.5 Å². The predicted octanol–water partition coefficient (Wildman–Crippen LogP) is 5.98. The molecule has 14 heteroatoms. The molecule has 0 rings (SSSR count). The summed E-state index contributed by atoms with van der Waals surface area (Å²) >= 11 is 4.36. The number of ether oxygens (including phenoxy) is 4. The number of thiol groups is 1. The quantitative estimate of drug-likeness (QED) is 0.0248. The number of unbranched alkanes of at least 4 members (excludes halogenated alkanes) is 13. The summed E-state index contributed by atoms with van der Waals surface area (Å²) in [7, 11) is 0. The summed E-state index contributed by atoms with van der Waals surface area (Å²) in [4.78, 5) is 48.6. The molecule has 56 heavy (non-hydrogen) atoms. The first-order valence-corrected chi connectivity index (χ1v) is 22.3. The molecule has 13 nitrogen and oxygen atoms in total. The van der Waals surface area contributed by atoms with Crippen LogP contribution in [-0.2, 0) is 38.1 Å². The van der Waals surface area contributed by atoms with Crippen molar-refractivity contribution >= 4 is 36.3 Å². The monoisotopic (exact) mass is 818 g/mol. The standard InChI is InChI=1S/C42H83N5O8S/c1-6-7-8-9-10-11-12-13-14-15-16-17-18-22-38(48)44-26-30-54-34-33-53-29-24-40(50)45-27-31-55-35-32-52-28-23-39(49)43-25-20-19-21-37(46-36(2)56)41(51)47-42(3,4)5/h36-37,46,56H,6-35H2,1-5H3,(H,43,49)(H,44,48)(H,45,50)(H,47,51). The summed E-state index contributed by atoms with van der Waals surface area (Å²) in [5.41, 5.74) is -0.305. The van der Waals surface area contributed by atoms with Crippen molar-refractivity contribution < 1.29 is 38.1 Å². The SMILES string of the molecule is CCCCCCCCCCCCCCCC(=O)NCCOCCOCCC(=O)NCCOCCOCCC(=O)NCCCCC(NC(C)S)C(=O)NC(C)(C)C. The Bertz CT molecular complexity index is 970. The molecule has 2 unspecified atom stereocenters. The van der Waals surface area contributed by atoms with Crippen molar-refractivity contribution in [3.8, 4) is 0 Å². The maximum atomic E-state index is 12.6. The lowest BCUT2D eigenvalue weighted by Gasteiger charge is -2.26. The molecule has 0 heterocycles. The van der Waals surface area contributed by atoms with Crippen LogP contribution in [-0.4, -0.2) is 113 Å². The summed E-state index contributed by atoms with van der Waals surface area (Å²) in [6, 6.07) is -0.331. The summed E-state index contributed by atoms with van der Waals surface area (Å²) in [6.45, 7) is 14.3. The van der Waals surface area contributed by atoms with Gasteiger partial charge in [0, 0.05) is 49.8 Å². The van der Waals surface area contributed by atoms with Crippen LogP contribution in [0.3, 0.4) is 0 Å². The normalized spacial score (nSPS) is 12.6.